The summed E-state index contributed by atoms with van der Waals surface area (Å²) in [7, 11) is -3.97. The van der Waals surface area contributed by atoms with Crippen LogP contribution in [0.15, 0.2) is 59.6 Å². The zero-order valence-corrected chi connectivity index (χ0v) is 12.7. The summed E-state index contributed by atoms with van der Waals surface area (Å²) < 4.78 is 27.0. The van der Waals surface area contributed by atoms with Crippen molar-refractivity contribution in [1.29, 1.82) is 0 Å². The van der Waals surface area contributed by atoms with Gasteiger partial charge in [-0.1, -0.05) is 18.2 Å². The predicted octanol–water partition coefficient (Wildman–Crippen LogP) is 2.55. The number of aromatic amines is 1. The van der Waals surface area contributed by atoms with Crippen molar-refractivity contribution in [3.63, 3.8) is 0 Å². The molecule has 0 atom stereocenters. The second-order valence-corrected chi connectivity index (χ2v) is 6.68. The van der Waals surface area contributed by atoms with Crippen LogP contribution in [0.4, 0.5) is 5.69 Å². The van der Waals surface area contributed by atoms with Gasteiger partial charge in [0.15, 0.2) is 4.90 Å². The number of sulfonamides is 1. The Balaban J connectivity index is 1.85. The van der Waals surface area contributed by atoms with Crippen LogP contribution in [0.2, 0.25) is 0 Å². The minimum absolute atomic E-state index is 0.0511. The van der Waals surface area contributed by atoms with Crippen molar-refractivity contribution < 1.29 is 13.3 Å². The number of benzene rings is 2. The first-order valence-corrected chi connectivity index (χ1v) is 8.25. The molecule has 0 bridgehead atoms. The number of aromatic nitrogens is 1. The Morgan fingerprint density at radius 1 is 1.13 bits per heavy atom. The van der Waals surface area contributed by atoms with E-state index in [0.717, 1.165) is 16.5 Å². The highest BCUT2D eigenvalue weighted by molar-refractivity contribution is 7.89. The van der Waals surface area contributed by atoms with Crippen molar-refractivity contribution in [2.75, 3.05) is 0 Å². The topological polar surface area (TPSA) is 105 Å². The molecule has 0 unspecified atom stereocenters. The van der Waals surface area contributed by atoms with E-state index in [1.54, 1.807) is 12.3 Å². The zero-order valence-electron chi connectivity index (χ0n) is 11.9. The second kappa shape index (κ2) is 5.82. The van der Waals surface area contributed by atoms with E-state index in [1.165, 1.54) is 24.3 Å². The third-order valence-corrected chi connectivity index (χ3v) is 4.88. The smallest absolute Gasteiger partial charge is 0.289 e. The maximum atomic E-state index is 12.3. The minimum atomic E-state index is -3.97. The Hall–Kier alpha value is -2.71. The number of H-pyrrole nitrogens is 1. The van der Waals surface area contributed by atoms with Gasteiger partial charge in [-0.2, -0.15) is 0 Å². The van der Waals surface area contributed by atoms with Gasteiger partial charge in [0.1, 0.15) is 0 Å². The van der Waals surface area contributed by atoms with Crippen molar-refractivity contribution in [3.05, 3.63) is 70.4 Å². The summed E-state index contributed by atoms with van der Waals surface area (Å²) in [5.41, 5.74) is 1.27. The molecule has 3 aromatic rings. The average Bonchev–Trinajstić information content (AvgIpc) is 3.00. The third-order valence-electron chi connectivity index (χ3n) is 3.44. The van der Waals surface area contributed by atoms with E-state index in [9.17, 15) is 18.5 Å². The lowest BCUT2D eigenvalue weighted by Crippen LogP contribution is -2.24. The highest BCUT2D eigenvalue weighted by atomic mass is 32.2. The van der Waals surface area contributed by atoms with Gasteiger partial charge in [0.05, 0.1) is 4.92 Å². The average molecular weight is 331 g/mol. The van der Waals surface area contributed by atoms with Gasteiger partial charge in [0.2, 0.25) is 10.0 Å². The summed E-state index contributed by atoms with van der Waals surface area (Å²) in [5.74, 6) is 0. The first-order chi connectivity index (χ1) is 11.0. The van der Waals surface area contributed by atoms with Crippen LogP contribution in [-0.4, -0.2) is 18.3 Å². The van der Waals surface area contributed by atoms with Gasteiger partial charge in [-0.15, -0.1) is 0 Å². The molecule has 0 spiro atoms. The van der Waals surface area contributed by atoms with Gasteiger partial charge in [-0.25, -0.2) is 13.1 Å². The van der Waals surface area contributed by atoms with Crippen molar-refractivity contribution in [2.24, 2.45) is 0 Å². The molecule has 7 nitrogen and oxygen atoms in total. The van der Waals surface area contributed by atoms with Crippen LogP contribution in [0.5, 0.6) is 0 Å². The number of nitro groups is 1. The molecule has 0 fully saturated rings. The number of nitrogens with one attached hydrogen (secondary N) is 2. The van der Waals surface area contributed by atoms with Crippen molar-refractivity contribution in [1.82, 2.24) is 9.71 Å². The fourth-order valence-electron chi connectivity index (χ4n) is 2.30. The largest absolute Gasteiger partial charge is 0.361 e. The Morgan fingerprint density at radius 3 is 2.70 bits per heavy atom. The third kappa shape index (κ3) is 3.08. The van der Waals surface area contributed by atoms with Crippen LogP contribution in [-0.2, 0) is 16.6 Å². The SMILES string of the molecule is O=[N+]([O-])c1ccccc1S(=O)(=O)NCc1ccc2[nH]ccc2c1. The van der Waals surface area contributed by atoms with E-state index in [-0.39, 0.29) is 11.4 Å². The van der Waals surface area contributed by atoms with Gasteiger partial charge in [0.25, 0.3) is 5.69 Å². The summed E-state index contributed by atoms with van der Waals surface area (Å²) >= 11 is 0. The molecule has 2 N–H and O–H groups in total. The van der Waals surface area contributed by atoms with Gasteiger partial charge in [-0.3, -0.25) is 10.1 Å². The van der Waals surface area contributed by atoms with Crippen molar-refractivity contribution in [3.8, 4) is 0 Å². The molecule has 0 saturated carbocycles. The number of rotatable bonds is 5. The molecule has 0 aliphatic carbocycles. The molecule has 0 saturated heterocycles. The second-order valence-electron chi connectivity index (χ2n) is 4.95. The summed E-state index contributed by atoms with van der Waals surface area (Å²) in [5, 5.41) is 11.9. The van der Waals surface area contributed by atoms with Gasteiger partial charge >= 0.3 is 0 Å². The predicted molar refractivity (Wildman–Crippen MR) is 85.4 cm³/mol. The van der Waals surface area contributed by atoms with Crippen molar-refractivity contribution >= 4 is 26.6 Å². The zero-order chi connectivity index (χ0) is 16.4. The van der Waals surface area contributed by atoms with Crippen LogP contribution in [0, 0.1) is 10.1 Å². The van der Waals surface area contributed by atoms with E-state index < -0.39 is 20.6 Å². The summed E-state index contributed by atoms with van der Waals surface area (Å²) in [6.45, 7) is 0.0511. The fourth-order valence-corrected chi connectivity index (χ4v) is 3.49. The maximum absolute atomic E-state index is 12.3. The standard InChI is InChI=1S/C15H13N3O4S/c19-18(20)14-3-1-2-4-15(14)23(21,22)17-10-11-5-6-13-12(9-11)7-8-16-13/h1-9,16-17H,10H2. The molecule has 0 aliphatic heterocycles. The number of nitrogens with zero attached hydrogens (tertiary/aromatic N) is 1. The number of para-hydroxylation sites is 1. The quantitative estimate of drug-likeness (QED) is 0.553. The lowest BCUT2D eigenvalue weighted by Gasteiger charge is -2.07. The summed E-state index contributed by atoms with van der Waals surface area (Å²) in [6, 6.07) is 12.6. The Labute approximate surface area is 132 Å². The molecule has 8 heteroatoms. The van der Waals surface area contributed by atoms with Gasteiger partial charge in [0, 0.05) is 24.3 Å². The highest BCUT2D eigenvalue weighted by Crippen LogP contribution is 2.23. The number of fused-ring (bicyclic) bond motifs is 1. The van der Waals surface area contributed by atoms with E-state index in [2.05, 4.69) is 9.71 Å². The van der Waals surface area contributed by atoms with E-state index in [0.29, 0.717) is 0 Å². The van der Waals surface area contributed by atoms with Crippen molar-refractivity contribution in [2.45, 2.75) is 11.4 Å². The van der Waals surface area contributed by atoms with Crippen LogP contribution in [0.3, 0.4) is 0 Å². The Bertz CT molecular complexity index is 979. The first-order valence-electron chi connectivity index (χ1n) is 6.76. The monoisotopic (exact) mass is 331 g/mol. The first kappa shape index (κ1) is 15.2. The Morgan fingerprint density at radius 2 is 1.91 bits per heavy atom. The molecule has 1 aromatic heterocycles. The molecule has 3 rings (SSSR count). The number of hydrogen-bond donors (Lipinski definition) is 2. The molecule has 0 aliphatic rings. The lowest BCUT2D eigenvalue weighted by atomic mass is 10.1. The van der Waals surface area contributed by atoms with Crippen LogP contribution >= 0.6 is 0 Å². The van der Waals surface area contributed by atoms with E-state index >= 15 is 0 Å². The summed E-state index contributed by atoms with van der Waals surface area (Å²) in [6.07, 6.45) is 1.80. The fraction of sp³-hybridized carbons (Fsp3) is 0.0667. The molecule has 0 radical (unpaired) electrons. The minimum Gasteiger partial charge on any atom is -0.361 e. The maximum Gasteiger partial charge on any atom is 0.289 e. The van der Waals surface area contributed by atoms with Crippen LogP contribution < -0.4 is 4.72 Å². The summed E-state index contributed by atoms with van der Waals surface area (Å²) in [4.78, 5) is 13.0. The van der Waals surface area contributed by atoms with Crippen LogP contribution in [0.25, 0.3) is 10.9 Å². The molecule has 2 aromatic carbocycles. The molecule has 0 amide bonds. The highest BCUT2D eigenvalue weighted by Gasteiger charge is 2.24. The molecular weight excluding hydrogens is 318 g/mol. The van der Waals surface area contributed by atoms with E-state index in [1.807, 2.05) is 18.2 Å². The lowest BCUT2D eigenvalue weighted by molar-refractivity contribution is -0.387. The van der Waals surface area contributed by atoms with E-state index in [4.69, 9.17) is 0 Å². The molecular formula is C15H13N3O4S. The van der Waals surface area contributed by atoms with Gasteiger partial charge < -0.3 is 4.98 Å². The normalized spacial score (nSPS) is 11.7. The number of hydrogen-bond acceptors (Lipinski definition) is 4. The molecule has 23 heavy (non-hydrogen) atoms. The molecule has 1 heterocycles. The van der Waals surface area contributed by atoms with Crippen LogP contribution in [0.1, 0.15) is 5.56 Å². The number of nitro benzene ring substituents is 1. The molecule has 118 valence electrons. The van der Waals surface area contributed by atoms with Gasteiger partial charge in [-0.05, 0) is 35.2 Å². The Kier molecular flexibility index (Phi) is 3.85.